The summed E-state index contributed by atoms with van der Waals surface area (Å²) in [6, 6.07) is 9.75. The van der Waals surface area contributed by atoms with Crippen molar-refractivity contribution in [2.45, 2.75) is 19.1 Å². The first-order valence-electron chi connectivity index (χ1n) is 5.39. The Balaban J connectivity index is 2.33. The molecule has 0 radical (unpaired) electrons. The quantitative estimate of drug-likeness (QED) is 0.819. The van der Waals surface area contributed by atoms with Gasteiger partial charge in [0.05, 0.1) is 13.7 Å². The predicted molar refractivity (Wildman–Crippen MR) is 64.6 cm³/mol. The number of rotatable bonds is 3. The first-order valence-corrected chi connectivity index (χ1v) is 5.39. The molecule has 0 aliphatic rings. The summed E-state index contributed by atoms with van der Waals surface area (Å²) in [6.45, 7) is 1.63. The fourth-order valence-electron chi connectivity index (χ4n) is 1.89. The van der Waals surface area contributed by atoms with Crippen molar-refractivity contribution in [2.75, 3.05) is 7.11 Å². The summed E-state index contributed by atoms with van der Waals surface area (Å²) in [5.41, 5.74) is -0.534. The van der Waals surface area contributed by atoms with Gasteiger partial charge in [0.25, 0.3) is 0 Å². The summed E-state index contributed by atoms with van der Waals surface area (Å²) in [5, 5.41) is 11.1. The second-order valence-electron chi connectivity index (χ2n) is 4.27. The second kappa shape index (κ2) is 4.22. The number of carbonyl (C=O) groups is 1. The SMILES string of the molecule is COC(=O)C(C)(O)Cn1ccc2ccccc21. The lowest BCUT2D eigenvalue weighted by molar-refractivity contribution is -0.161. The van der Waals surface area contributed by atoms with Gasteiger partial charge in [0, 0.05) is 11.7 Å². The van der Waals surface area contributed by atoms with Crippen LogP contribution in [0.4, 0.5) is 0 Å². The molecule has 0 saturated heterocycles. The minimum absolute atomic E-state index is 0.174. The normalized spacial score (nSPS) is 14.5. The lowest BCUT2D eigenvalue weighted by Gasteiger charge is -2.21. The molecule has 4 heteroatoms. The van der Waals surface area contributed by atoms with Crippen molar-refractivity contribution in [3.8, 4) is 0 Å². The van der Waals surface area contributed by atoms with E-state index < -0.39 is 11.6 Å². The molecular weight excluding hydrogens is 218 g/mol. The Morgan fingerprint density at radius 3 is 2.82 bits per heavy atom. The zero-order chi connectivity index (χ0) is 12.5. The molecule has 1 aromatic heterocycles. The lowest BCUT2D eigenvalue weighted by Crippen LogP contribution is -2.40. The lowest BCUT2D eigenvalue weighted by atomic mass is 10.1. The molecule has 4 nitrogen and oxygen atoms in total. The molecule has 0 aliphatic carbocycles. The number of aliphatic hydroxyl groups is 1. The van der Waals surface area contributed by atoms with Gasteiger partial charge in [-0.2, -0.15) is 0 Å². The second-order valence-corrected chi connectivity index (χ2v) is 4.27. The highest BCUT2D eigenvalue weighted by atomic mass is 16.5. The van der Waals surface area contributed by atoms with Gasteiger partial charge in [-0.3, -0.25) is 0 Å². The van der Waals surface area contributed by atoms with Crippen LogP contribution in [0.25, 0.3) is 10.9 Å². The largest absolute Gasteiger partial charge is 0.467 e. The molecule has 1 aromatic carbocycles. The van der Waals surface area contributed by atoms with Crippen LogP contribution < -0.4 is 0 Å². The third-order valence-corrected chi connectivity index (χ3v) is 2.78. The molecule has 17 heavy (non-hydrogen) atoms. The Bertz CT molecular complexity index is 542. The molecule has 0 fully saturated rings. The first-order chi connectivity index (χ1) is 8.04. The average molecular weight is 233 g/mol. The monoisotopic (exact) mass is 233 g/mol. The van der Waals surface area contributed by atoms with Crippen molar-refractivity contribution < 1.29 is 14.6 Å². The van der Waals surface area contributed by atoms with Crippen LogP contribution in [0.2, 0.25) is 0 Å². The van der Waals surface area contributed by atoms with Crippen molar-refractivity contribution >= 4 is 16.9 Å². The molecule has 1 unspecified atom stereocenters. The van der Waals surface area contributed by atoms with E-state index in [1.807, 2.05) is 41.1 Å². The zero-order valence-corrected chi connectivity index (χ0v) is 9.88. The number of esters is 1. The average Bonchev–Trinajstić information content (AvgIpc) is 2.71. The van der Waals surface area contributed by atoms with Gasteiger partial charge < -0.3 is 14.4 Å². The van der Waals surface area contributed by atoms with Crippen LogP contribution in [-0.2, 0) is 16.1 Å². The Morgan fingerprint density at radius 1 is 1.41 bits per heavy atom. The van der Waals surface area contributed by atoms with Gasteiger partial charge in [-0.25, -0.2) is 4.79 Å². The number of para-hydroxylation sites is 1. The molecule has 0 amide bonds. The van der Waals surface area contributed by atoms with Crippen LogP contribution in [0.15, 0.2) is 36.5 Å². The number of ether oxygens (including phenoxy) is 1. The summed E-state index contributed by atoms with van der Waals surface area (Å²) in [7, 11) is 1.27. The predicted octanol–water partition coefficient (Wildman–Crippen LogP) is 1.57. The van der Waals surface area contributed by atoms with Crippen molar-refractivity contribution in [3.05, 3.63) is 36.5 Å². The van der Waals surface area contributed by atoms with Crippen LogP contribution in [0.1, 0.15) is 6.92 Å². The fraction of sp³-hybridized carbons (Fsp3) is 0.308. The molecule has 2 rings (SSSR count). The Morgan fingerprint density at radius 2 is 2.12 bits per heavy atom. The van der Waals surface area contributed by atoms with Gasteiger partial charge >= 0.3 is 5.97 Å². The van der Waals surface area contributed by atoms with Gasteiger partial charge in [0.2, 0.25) is 0 Å². The van der Waals surface area contributed by atoms with Crippen LogP contribution in [-0.4, -0.2) is 28.4 Å². The number of nitrogens with zero attached hydrogens (tertiary/aromatic N) is 1. The van der Waals surface area contributed by atoms with E-state index in [-0.39, 0.29) is 6.54 Å². The summed E-state index contributed by atoms with van der Waals surface area (Å²) < 4.78 is 6.41. The topological polar surface area (TPSA) is 51.5 Å². The number of benzene rings is 1. The van der Waals surface area contributed by atoms with E-state index in [1.54, 1.807) is 0 Å². The number of hydrogen-bond donors (Lipinski definition) is 1. The molecule has 0 bridgehead atoms. The van der Waals surface area contributed by atoms with Gasteiger partial charge in [-0.15, -0.1) is 0 Å². The molecule has 0 spiro atoms. The van der Waals surface area contributed by atoms with Gasteiger partial charge in [-0.05, 0) is 24.4 Å². The minimum Gasteiger partial charge on any atom is -0.467 e. The standard InChI is InChI=1S/C13H15NO3/c1-13(16,12(15)17-2)9-14-8-7-10-5-3-4-6-11(10)14/h3-8,16H,9H2,1-2H3. The van der Waals surface area contributed by atoms with E-state index in [2.05, 4.69) is 4.74 Å². The highest BCUT2D eigenvalue weighted by Crippen LogP contribution is 2.18. The maximum Gasteiger partial charge on any atom is 0.339 e. The minimum atomic E-state index is -1.52. The van der Waals surface area contributed by atoms with Crippen molar-refractivity contribution in [2.24, 2.45) is 0 Å². The number of aromatic nitrogens is 1. The Kier molecular flexibility index (Phi) is 2.90. The fourth-order valence-corrected chi connectivity index (χ4v) is 1.89. The molecular formula is C13H15NO3. The van der Waals surface area contributed by atoms with E-state index >= 15 is 0 Å². The van der Waals surface area contributed by atoms with E-state index in [1.165, 1.54) is 14.0 Å². The Labute approximate surface area is 99.4 Å². The molecule has 1 heterocycles. The molecule has 1 N–H and O–H groups in total. The molecule has 0 aliphatic heterocycles. The molecule has 0 saturated carbocycles. The highest BCUT2D eigenvalue weighted by molar-refractivity contribution is 5.81. The molecule has 2 aromatic rings. The van der Waals surface area contributed by atoms with Crippen LogP contribution in [0, 0.1) is 0 Å². The maximum absolute atomic E-state index is 11.4. The summed E-state index contributed by atoms with van der Waals surface area (Å²) in [6.07, 6.45) is 1.85. The van der Waals surface area contributed by atoms with Crippen molar-refractivity contribution in [1.29, 1.82) is 0 Å². The van der Waals surface area contributed by atoms with Gasteiger partial charge in [0.1, 0.15) is 0 Å². The summed E-state index contributed by atoms with van der Waals surface area (Å²) >= 11 is 0. The molecule has 1 atom stereocenters. The third-order valence-electron chi connectivity index (χ3n) is 2.78. The van der Waals surface area contributed by atoms with Crippen LogP contribution in [0.5, 0.6) is 0 Å². The van der Waals surface area contributed by atoms with Crippen LogP contribution >= 0.6 is 0 Å². The third kappa shape index (κ3) is 2.17. The van der Waals surface area contributed by atoms with Gasteiger partial charge in [-0.1, -0.05) is 18.2 Å². The van der Waals surface area contributed by atoms with E-state index in [0.29, 0.717) is 0 Å². The number of hydrogen-bond acceptors (Lipinski definition) is 3. The first kappa shape index (κ1) is 11.7. The zero-order valence-electron chi connectivity index (χ0n) is 9.88. The van der Waals surface area contributed by atoms with Gasteiger partial charge in [0.15, 0.2) is 5.60 Å². The molecule has 90 valence electrons. The smallest absolute Gasteiger partial charge is 0.339 e. The summed E-state index contributed by atoms with van der Waals surface area (Å²) in [5.74, 6) is -0.629. The number of carbonyl (C=O) groups excluding carboxylic acids is 1. The van der Waals surface area contributed by atoms with Crippen LogP contribution in [0.3, 0.4) is 0 Å². The van der Waals surface area contributed by atoms with E-state index in [9.17, 15) is 9.90 Å². The van der Waals surface area contributed by atoms with E-state index in [0.717, 1.165) is 10.9 Å². The van der Waals surface area contributed by atoms with E-state index in [4.69, 9.17) is 0 Å². The van der Waals surface area contributed by atoms with Crippen molar-refractivity contribution in [1.82, 2.24) is 4.57 Å². The Hall–Kier alpha value is -1.81. The van der Waals surface area contributed by atoms with Crippen molar-refractivity contribution in [3.63, 3.8) is 0 Å². The number of fused-ring (bicyclic) bond motifs is 1. The number of methoxy groups -OCH3 is 1. The summed E-state index contributed by atoms with van der Waals surface area (Å²) in [4.78, 5) is 11.4. The highest BCUT2D eigenvalue weighted by Gasteiger charge is 2.32. The maximum atomic E-state index is 11.4.